The number of benzene rings is 2. The van der Waals surface area contributed by atoms with Crippen LogP contribution in [0.4, 0.5) is 0 Å². The summed E-state index contributed by atoms with van der Waals surface area (Å²) >= 11 is 0. The highest BCUT2D eigenvalue weighted by atomic mass is 32.2. The van der Waals surface area contributed by atoms with Gasteiger partial charge in [-0.25, -0.2) is 8.42 Å². The Morgan fingerprint density at radius 1 is 1.12 bits per heavy atom. The number of nitrogens with zero attached hydrogens (tertiary/aromatic N) is 1. The van der Waals surface area contributed by atoms with E-state index in [1.165, 1.54) is 19.1 Å². The largest absolute Gasteiger partial charge is 0.507 e. The zero-order chi connectivity index (χ0) is 24.1. The minimum absolute atomic E-state index is 0.0344. The van der Waals surface area contributed by atoms with Crippen molar-refractivity contribution in [2.75, 3.05) is 12.8 Å². The molecule has 0 saturated heterocycles. The fraction of sp³-hybridized carbons (Fsp3) is 0.333. The third kappa shape index (κ3) is 6.21. The molecule has 0 fully saturated rings. The molecule has 2 unspecified atom stereocenters. The summed E-state index contributed by atoms with van der Waals surface area (Å²) in [6.45, 7) is 1.19. The molecule has 3 rings (SSSR count). The van der Waals surface area contributed by atoms with Gasteiger partial charge >= 0.3 is 0 Å². The van der Waals surface area contributed by atoms with Gasteiger partial charge in [0.1, 0.15) is 11.9 Å². The van der Waals surface area contributed by atoms with Crippen molar-refractivity contribution in [2.45, 2.75) is 37.0 Å². The van der Waals surface area contributed by atoms with Crippen molar-refractivity contribution in [3.8, 4) is 5.75 Å². The molecule has 2 atom stereocenters. The molecule has 0 bridgehead atoms. The summed E-state index contributed by atoms with van der Waals surface area (Å²) in [7, 11) is -3.69. The number of hydrogen-bond donors (Lipinski definition) is 3. The Bertz CT molecular complexity index is 1190. The molecule has 0 radical (unpaired) electrons. The number of aromatic hydroxyl groups is 1. The first kappa shape index (κ1) is 24.5. The van der Waals surface area contributed by atoms with E-state index in [2.05, 4.69) is 10.5 Å². The van der Waals surface area contributed by atoms with Crippen LogP contribution in [0.3, 0.4) is 0 Å². The highest BCUT2D eigenvalue weighted by Crippen LogP contribution is 2.30. The third-order valence-electron chi connectivity index (χ3n) is 5.71. The van der Waals surface area contributed by atoms with Crippen molar-refractivity contribution in [1.82, 2.24) is 10.5 Å². The van der Waals surface area contributed by atoms with Crippen LogP contribution in [-0.2, 0) is 22.7 Å². The number of carbonyl (C=O) groups is 1. The molecule has 1 amide bonds. The number of rotatable bonds is 10. The number of phenolic OH excluding ortho intramolecular Hbond substituents is 1. The summed E-state index contributed by atoms with van der Waals surface area (Å²) in [6, 6.07) is 17.5. The molecule has 1 heterocycles. The van der Waals surface area contributed by atoms with Crippen molar-refractivity contribution in [1.29, 1.82) is 0 Å². The van der Waals surface area contributed by atoms with E-state index >= 15 is 0 Å². The lowest BCUT2D eigenvalue weighted by atomic mass is 10.00. The van der Waals surface area contributed by atoms with E-state index in [-0.39, 0.29) is 30.0 Å². The van der Waals surface area contributed by atoms with Crippen LogP contribution >= 0.6 is 0 Å². The van der Waals surface area contributed by atoms with E-state index in [9.17, 15) is 23.4 Å². The maximum atomic E-state index is 12.5. The van der Waals surface area contributed by atoms with Crippen molar-refractivity contribution in [3.05, 3.63) is 83.2 Å². The van der Waals surface area contributed by atoms with Crippen LogP contribution in [0.15, 0.2) is 65.2 Å². The molecule has 0 saturated carbocycles. The number of aryl methyl sites for hydroxylation is 2. The van der Waals surface area contributed by atoms with Gasteiger partial charge in [-0.2, -0.15) is 0 Å². The molecule has 3 aromatic rings. The third-order valence-corrected chi connectivity index (χ3v) is 7.81. The summed E-state index contributed by atoms with van der Waals surface area (Å²) in [5.41, 5.74) is 1.83. The molecule has 3 N–H and O–H groups in total. The molecule has 1 aromatic heterocycles. The van der Waals surface area contributed by atoms with Crippen LogP contribution < -0.4 is 5.32 Å². The minimum Gasteiger partial charge on any atom is -0.507 e. The Labute approximate surface area is 193 Å². The first-order valence-corrected chi connectivity index (χ1v) is 12.4. The summed E-state index contributed by atoms with van der Waals surface area (Å²) in [4.78, 5) is 12.4. The molecule has 0 aliphatic heterocycles. The number of amides is 1. The monoisotopic (exact) mass is 472 g/mol. The molecular formula is C24H28N2O6S. The van der Waals surface area contributed by atoms with E-state index < -0.39 is 26.6 Å². The van der Waals surface area contributed by atoms with Crippen molar-refractivity contribution in [3.63, 3.8) is 0 Å². The second kappa shape index (κ2) is 10.2. The number of aliphatic hydroxyl groups excluding tert-OH is 1. The summed E-state index contributed by atoms with van der Waals surface area (Å²) in [6.07, 6.45) is 0.977. The van der Waals surface area contributed by atoms with Crippen LogP contribution in [0, 0.1) is 0 Å². The van der Waals surface area contributed by atoms with Crippen LogP contribution in [0.5, 0.6) is 5.75 Å². The lowest BCUT2D eigenvalue weighted by Gasteiger charge is -2.29. The van der Waals surface area contributed by atoms with Gasteiger partial charge in [0.15, 0.2) is 15.6 Å². The molecule has 0 aliphatic carbocycles. The standard InChI is InChI=1S/C24H28N2O6S/c1-24(33(2,30)31,16-25-23(29)19-10-6-7-11-20(19)27)15-21(28)22-14-18(26-32-22)13-12-17-8-4-3-5-9-17/h3-11,14,21,27-28H,12-13,15-16H2,1-2H3,(H,25,29). The lowest BCUT2D eigenvalue weighted by molar-refractivity contribution is 0.0928. The Kier molecular flexibility index (Phi) is 7.55. The average molecular weight is 473 g/mol. The van der Waals surface area contributed by atoms with Gasteiger partial charge in [-0.1, -0.05) is 47.6 Å². The predicted octanol–water partition coefficient (Wildman–Crippen LogP) is 2.82. The number of phenols is 1. The van der Waals surface area contributed by atoms with Gasteiger partial charge in [-0.15, -0.1) is 0 Å². The topological polar surface area (TPSA) is 130 Å². The second-order valence-corrected chi connectivity index (χ2v) is 10.9. The van der Waals surface area contributed by atoms with Crippen LogP contribution in [-0.4, -0.2) is 47.2 Å². The van der Waals surface area contributed by atoms with Crippen LogP contribution in [0.25, 0.3) is 0 Å². The van der Waals surface area contributed by atoms with Gasteiger partial charge in [0.2, 0.25) is 0 Å². The minimum atomic E-state index is -3.69. The Morgan fingerprint density at radius 3 is 2.45 bits per heavy atom. The van der Waals surface area contributed by atoms with E-state index in [4.69, 9.17) is 4.52 Å². The highest BCUT2D eigenvalue weighted by Gasteiger charge is 2.39. The predicted molar refractivity (Wildman–Crippen MR) is 124 cm³/mol. The van der Waals surface area contributed by atoms with Gasteiger partial charge in [0.25, 0.3) is 5.91 Å². The molecule has 0 spiro atoms. The molecule has 9 heteroatoms. The van der Waals surface area contributed by atoms with Gasteiger partial charge in [-0.05, 0) is 37.5 Å². The number of nitrogens with one attached hydrogen (secondary N) is 1. The lowest BCUT2D eigenvalue weighted by Crippen LogP contribution is -2.47. The molecule has 8 nitrogen and oxygen atoms in total. The van der Waals surface area contributed by atoms with E-state index in [1.807, 2.05) is 30.3 Å². The van der Waals surface area contributed by atoms with E-state index in [0.29, 0.717) is 12.1 Å². The number of sulfone groups is 1. The molecule has 0 aliphatic rings. The summed E-state index contributed by atoms with van der Waals surface area (Å²) in [5, 5.41) is 27.1. The van der Waals surface area contributed by atoms with E-state index in [0.717, 1.165) is 18.2 Å². The number of carbonyl (C=O) groups excluding carboxylic acids is 1. The first-order chi connectivity index (χ1) is 15.6. The molecule has 33 heavy (non-hydrogen) atoms. The first-order valence-electron chi connectivity index (χ1n) is 10.5. The fourth-order valence-corrected chi connectivity index (χ4v) is 4.21. The smallest absolute Gasteiger partial charge is 0.255 e. The number of para-hydroxylation sites is 1. The van der Waals surface area contributed by atoms with E-state index in [1.54, 1.807) is 18.2 Å². The highest BCUT2D eigenvalue weighted by molar-refractivity contribution is 7.92. The molecular weight excluding hydrogens is 444 g/mol. The quantitative estimate of drug-likeness (QED) is 0.414. The normalized spacial score (nSPS) is 14.4. The molecule has 2 aromatic carbocycles. The summed E-state index contributed by atoms with van der Waals surface area (Å²) < 4.78 is 28.9. The SMILES string of the molecule is CC(CNC(=O)c1ccccc1O)(CC(O)c1cc(CCc2ccccc2)no1)S(C)(=O)=O. The number of aromatic nitrogens is 1. The summed E-state index contributed by atoms with van der Waals surface area (Å²) in [5.74, 6) is -0.652. The zero-order valence-electron chi connectivity index (χ0n) is 18.6. The maximum absolute atomic E-state index is 12.5. The Hall–Kier alpha value is -3.17. The molecule has 176 valence electrons. The van der Waals surface area contributed by atoms with Crippen molar-refractivity contribution >= 4 is 15.7 Å². The van der Waals surface area contributed by atoms with Crippen LogP contribution in [0.1, 0.15) is 46.8 Å². The maximum Gasteiger partial charge on any atom is 0.255 e. The van der Waals surface area contributed by atoms with Crippen molar-refractivity contribution < 1.29 is 27.9 Å². The second-order valence-electron chi connectivity index (χ2n) is 8.35. The van der Waals surface area contributed by atoms with Gasteiger partial charge in [0.05, 0.1) is 16.0 Å². The Morgan fingerprint density at radius 2 is 1.79 bits per heavy atom. The van der Waals surface area contributed by atoms with Gasteiger partial charge in [0, 0.05) is 25.3 Å². The number of aliphatic hydroxyl groups is 1. The zero-order valence-corrected chi connectivity index (χ0v) is 19.4. The van der Waals surface area contributed by atoms with Crippen molar-refractivity contribution in [2.24, 2.45) is 0 Å². The Balaban J connectivity index is 1.66. The fourth-order valence-electron chi connectivity index (χ4n) is 3.41. The van der Waals surface area contributed by atoms with Gasteiger partial charge < -0.3 is 20.1 Å². The van der Waals surface area contributed by atoms with Gasteiger partial charge in [-0.3, -0.25) is 4.79 Å². The number of hydrogen-bond acceptors (Lipinski definition) is 7. The van der Waals surface area contributed by atoms with Crippen LogP contribution in [0.2, 0.25) is 0 Å². The average Bonchev–Trinajstić information content (AvgIpc) is 3.26.